The highest BCUT2D eigenvalue weighted by Gasteiger charge is 2.30. The van der Waals surface area contributed by atoms with Crippen molar-refractivity contribution in [3.63, 3.8) is 0 Å². The third-order valence-corrected chi connectivity index (χ3v) is 5.23. The first kappa shape index (κ1) is 14.8. The van der Waals surface area contributed by atoms with Gasteiger partial charge in [-0.05, 0) is 38.4 Å². The van der Waals surface area contributed by atoms with Crippen molar-refractivity contribution in [2.24, 2.45) is 0 Å². The predicted molar refractivity (Wildman–Crippen MR) is 79.0 cm³/mol. The average molecular weight is 302 g/mol. The Morgan fingerprint density at radius 3 is 2.79 bits per heavy atom. The van der Waals surface area contributed by atoms with Crippen LogP contribution in [0.2, 0.25) is 4.34 Å². The van der Waals surface area contributed by atoms with Crippen LogP contribution in [-0.2, 0) is 4.79 Å². The van der Waals surface area contributed by atoms with Gasteiger partial charge in [-0.25, -0.2) is 0 Å². The highest BCUT2D eigenvalue weighted by Crippen LogP contribution is 2.33. The zero-order valence-corrected chi connectivity index (χ0v) is 12.7. The first-order chi connectivity index (χ1) is 9.09. The van der Waals surface area contributed by atoms with Crippen molar-refractivity contribution in [1.82, 2.24) is 4.90 Å². The normalized spacial score (nSPS) is 23.6. The third kappa shape index (κ3) is 3.71. The maximum absolute atomic E-state index is 11.5. The van der Waals surface area contributed by atoms with E-state index in [9.17, 15) is 9.90 Å². The van der Waals surface area contributed by atoms with Crippen LogP contribution in [0.3, 0.4) is 0 Å². The molecule has 1 N–H and O–H groups in total. The lowest BCUT2D eigenvalue weighted by Crippen LogP contribution is -2.43. The van der Waals surface area contributed by atoms with Crippen LogP contribution in [0.25, 0.3) is 0 Å². The molecule has 0 spiro atoms. The Morgan fingerprint density at radius 1 is 1.42 bits per heavy atom. The molecule has 19 heavy (non-hydrogen) atoms. The number of carboxylic acids is 1. The van der Waals surface area contributed by atoms with E-state index in [1.54, 1.807) is 11.3 Å². The number of nitrogens with zero attached hydrogens (tertiary/aromatic N) is 1. The summed E-state index contributed by atoms with van der Waals surface area (Å²) in [7, 11) is 0. The van der Waals surface area contributed by atoms with E-state index >= 15 is 0 Å². The van der Waals surface area contributed by atoms with Gasteiger partial charge in [-0.1, -0.05) is 30.9 Å². The third-order valence-electron chi connectivity index (χ3n) is 3.83. The van der Waals surface area contributed by atoms with Gasteiger partial charge in [-0.15, -0.1) is 11.3 Å². The Hall–Kier alpha value is -0.580. The molecule has 1 fully saturated rings. The van der Waals surface area contributed by atoms with Crippen molar-refractivity contribution in [2.75, 3.05) is 6.54 Å². The van der Waals surface area contributed by atoms with Crippen LogP contribution in [0.1, 0.15) is 49.9 Å². The van der Waals surface area contributed by atoms with Crippen LogP contribution in [0, 0.1) is 0 Å². The molecule has 5 heteroatoms. The second-order valence-electron chi connectivity index (χ2n) is 5.11. The molecule has 1 aliphatic heterocycles. The Balaban J connectivity index is 2.18. The van der Waals surface area contributed by atoms with Crippen LogP contribution >= 0.6 is 22.9 Å². The van der Waals surface area contributed by atoms with E-state index in [4.69, 9.17) is 11.6 Å². The van der Waals surface area contributed by atoms with Crippen LogP contribution in [-0.4, -0.2) is 28.6 Å². The molecule has 0 saturated carbocycles. The van der Waals surface area contributed by atoms with Gasteiger partial charge in [0.2, 0.25) is 0 Å². The van der Waals surface area contributed by atoms with Crippen molar-refractivity contribution in [3.05, 3.63) is 21.3 Å². The van der Waals surface area contributed by atoms with Gasteiger partial charge in [0.15, 0.2) is 0 Å². The number of thiophene rings is 1. The summed E-state index contributed by atoms with van der Waals surface area (Å²) in [4.78, 5) is 14.8. The van der Waals surface area contributed by atoms with E-state index in [1.807, 2.05) is 12.1 Å². The topological polar surface area (TPSA) is 40.5 Å². The Bertz CT molecular complexity index is 435. The number of carbonyl (C=O) groups is 1. The van der Waals surface area contributed by atoms with Gasteiger partial charge in [0.05, 0.1) is 4.34 Å². The number of hydrogen-bond donors (Lipinski definition) is 1. The lowest BCUT2D eigenvalue weighted by Gasteiger charge is -2.35. The van der Waals surface area contributed by atoms with Gasteiger partial charge in [0.25, 0.3) is 0 Å². The molecule has 2 atom stereocenters. The van der Waals surface area contributed by atoms with E-state index in [-0.39, 0.29) is 12.1 Å². The second kappa shape index (κ2) is 6.73. The monoisotopic (exact) mass is 301 g/mol. The molecule has 106 valence electrons. The van der Waals surface area contributed by atoms with Crippen LogP contribution in [0.4, 0.5) is 0 Å². The summed E-state index contributed by atoms with van der Waals surface area (Å²) in [6.07, 6.45) is 5.18. The second-order valence-corrected chi connectivity index (χ2v) is 6.86. The van der Waals surface area contributed by atoms with Crippen LogP contribution in [0.15, 0.2) is 12.1 Å². The number of hydrogen-bond acceptors (Lipinski definition) is 3. The molecule has 1 saturated heterocycles. The molecule has 0 radical (unpaired) electrons. The fourth-order valence-electron chi connectivity index (χ4n) is 2.75. The molecule has 2 unspecified atom stereocenters. The summed E-state index contributed by atoms with van der Waals surface area (Å²) >= 11 is 7.53. The molecule has 0 aliphatic carbocycles. The van der Waals surface area contributed by atoms with E-state index in [2.05, 4.69) is 11.8 Å². The average Bonchev–Trinajstić information content (AvgIpc) is 2.74. The molecule has 1 aliphatic rings. The van der Waals surface area contributed by atoms with Crippen molar-refractivity contribution in [3.8, 4) is 0 Å². The SMILES string of the molecule is CC(c1ccc(Cl)s1)N1CCCCCCC1C(=O)O. The molecule has 2 rings (SSSR count). The Morgan fingerprint density at radius 2 is 2.16 bits per heavy atom. The predicted octanol–water partition coefficient (Wildman–Crippen LogP) is 4.18. The number of likely N-dealkylation sites (tertiary alicyclic amines) is 1. The summed E-state index contributed by atoms with van der Waals surface area (Å²) in [5, 5.41) is 9.46. The highest BCUT2D eigenvalue weighted by atomic mass is 35.5. The summed E-state index contributed by atoms with van der Waals surface area (Å²) in [6, 6.07) is 3.65. The first-order valence-corrected chi connectivity index (χ1v) is 8.03. The van der Waals surface area contributed by atoms with E-state index in [1.165, 1.54) is 6.42 Å². The minimum atomic E-state index is -0.698. The largest absolute Gasteiger partial charge is 0.480 e. The van der Waals surface area contributed by atoms with Crippen molar-refractivity contribution < 1.29 is 9.90 Å². The molecular weight excluding hydrogens is 282 g/mol. The molecule has 2 heterocycles. The molecular formula is C14H20ClNO2S. The fraction of sp³-hybridized carbons (Fsp3) is 0.643. The van der Waals surface area contributed by atoms with Gasteiger partial charge in [-0.2, -0.15) is 0 Å². The quantitative estimate of drug-likeness (QED) is 0.910. The summed E-state index contributed by atoms with van der Waals surface area (Å²) in [5.74, 6) is -0.698. The standard InChI is InChI=1S/C14H20ClNO2S/c1-10(12-7-8-13(15)19-12)16-9-5-3-2-4-6-11(16)14(17)18/h7-8,10-11H,2-6,9H2,1H3,(H,17,18). The van der Waals surface area contributed by atoms with Crippen LogP contribution in [0.5, 0.6) is 0 Å². The summed E-state index contributed by atoms with van der Waals surface area (Å²) < 4.78 is 0.765. The maximum Gasteiger partial charge on any atom is 0.320 e. The zero-order valence-electron chi connectivity index (χ0n) is 11.1. The lowest BCUT2D eigenvalue weighted by atomic mass is 10.00. The van der Waals surface area contributed by atoms with E-state index in [0.29, 0.717) is 0 Å². The number of aliphatic carboxylic acids is 1. The lowest BCUT2D eigenvalue weighted by molar-refractivity contribution is -0.145. The van der Waals surface area contributed by atoms with Crippen molar-refractivity contribution in [1.29, 1.82) is 0 Å². The minimum absolute atomic E-state index is 0.122. The minimum Gasteiger partial charge on any atom is -0.480 e. The fourth-order valence-corrected chi connectivity index (χ4v) is 3.89. The van der Waals surface area contributed by atoms with Gasteiger partial charge in [-0.3, -0.25) is 9.69 Å². The number of carboxylic acid groups (broad SMARTS) is 1. The number of halogens is 1. The van der Waals surface area contributed by atoms with Gasteiger partial charge >= 0.3 is 5.97 Å². The Kier molecular flexibility index (Phi) is 5.25. The maximum atomic E-state index is 11.5. The molecule has 0 amide bonds. The van der Waals surface area contributed by atoms with Crippen LogP contribution < -0.4 is 0 Å². The molecule has 0 bridgehead atoms. The van der Waals surface area contributed by atoms with E-state index in [0.717, 1.165) is 41.4 Å². The summed E-state index contributed by atoms with van der Waals surface area (Å²) in [6.45, 7) is 2.94. The summed E-state index contributed by atoms with van der Waals surface area (Å²) in [5.41, 5.74) is 0. The highest BCUT2D eigenvalue weighted by molar-refractivity contribution is 7.16. The van der Waals surface area contributed by atoms with Gasteiger partial charge in [0, 0.05) is 10.9 Å². The Labute approximate surface area is 123 Å². The zero-order chi connectivity index (χ0) is 13.8. The first-order valence-electron chi connectivity index (χ1n) is 6.83. The van der Waals surface area contributed by atoms with Crippen molar-refractivity contribution in [2.45, 2.75) is 51.1 Å². The molecule has 0 aromatic carbocycles. The van der Waals surface area contributed by atoms with Gasteiger partial charge in [0.1, 0.15) is 6.04 Å². The smallest absolute Gasteiger partial charge is 0.320 e. The van der Waals surface area contributed by atoms with Gasteiger partial charge < -0.3 is 5.11 Å². The molecule has 1 aromatic heterocycles. The van der Waals surface area contributed by atoms with E-state index < -0.39 is 5.97 Å². The van der Waals surface area contributed by atoms with Crippen molar-refractivity contribution >= 4 is 28.9 Å². The molecule has 3 nitrogen and oxygen atoms in total. The molecule has 1 aromatic rings. The number of rotatable bonds is 3.